The van der Waals surface area contributed by atoms with Crippen LogP contribution in [-0.4, -0.2) is 33.3 Å². The van der Waals surface area contributed by atoms with Gasteiger partial charge in [0.2, 0.25) is 10.0 Å². The number of hydrogen-bond acceptors (Lipinski definition) is 5. The molecule has 0 amide bonds. The highest BCUT2D eigenvalue weighted by molar-refractivity contribution is 7.90. The smallest absolute Gasteiger partial charge is 0.320 e. The Morgan fingerprint density at radius 1 is 1.69 bits per heavy atom. The van der Waals surface area contributed by atoms with E-state index in [1.54, 1.807) is 6.07 Å². The normalized spacial score (nSPS) is 13.0. The van der Waals surface area contributed by atoms with Crippen molar-refractivity contribution >= 4 is 16.0 Å². The van der Waals surface area contributed by atoms with Gasteiger partial charge in [-0.25, -0.2) is 13.1 Å². The third kappa shape index (κ3) is 3.87. The molecule has 74 valence electrons. The predicted octanol–water partition coefficient (Wildman–Crippen LogP) is -1.01. The molecule has 0 fully saturated rings. The molecule has 1 atom stereocenters. The molecule has 0 aromatic rings. The van der Waals surface area contributed by atoms with Gasteiger partial charge >= 0.3 is 5.97 Å². The number of nitriles is 1. The van der Waals surface area contributed by atoms with Crippen LogP contribution in [0.3, 0.4) is 0 Å². The average molecular weight is 206 g/mol. The standard InChI is InChI=1S/C6H10N2O4S/c1-5(3-7)13(10,11)8-4-6(9)12-2/h5,8H,4H2,1-2H3. The highest BCUT2D eigenvalue weighted by Crippen LogP contribution is 1.94. The summed E-state index contributed by atoms with van der Waals surface area (Å²) in [5.41, 5.74) is 0. The Bertz CT molecular complexity index is 316. The number of nitrogens with one attached hydrogen (secondary N) is 1. The zero-order valence-electron chi connectivity index (χ0n) is 7.27. The quantitative estimate of drug-likeness (QED) is 0.594. The number of hydrogen-bond donors (Lipinski definition) is 1. The molecule has 0 aromatic heterocycles. The fourth-order valence-corrected chi connectivity index (χ4v) is 1.13. The number of carbonyl (C=O) groups excluding carboxylic acids is 1. The zero-order chi connectivity index (χ0) is 10.5. The Labute approximate surface area is 76.5 Å². The first-order valence-corrected chi connectivity index (χ1v) is 4.93. The van der Waals surface area contributed by atoms with Gasteiger partial charge in [0.05, 0.1) is 13.2 Å². The molecule has 0 aliphatic heterocycles. The van der Waals surface area contributed by atoms with Crippen LogP contribution < -0.4 is 4.72 Å². The van der Waals surface area contributed by atoms with Gasteiger partial charge in [-0.15, -0.1) is 0 Å². The molecule has 0 aliphatic carbocycles. The summed E-state index contributed by atoms with van der Waals surface area (Å²) in [6.45, 7) is 0.768. The predicted molar refractivity (Wildman–Crippen MR) is 44.0 cm³/mol. The molecule has 0 rings (SSSR count). The third-order valence-corrected chi connectivity index (χ3v) is 2.88. The molecule has 0 spiro atoms. The van der Waals surface area contributed by atoms with Crippen molar-refractivity contribution < 1.29 is 17.9 Å². The van der Waals surface area contributed by atoms with E-state index >= 15 is 0 Å². The van der Waals surface area contributed by atoms with Crippen molar-refractivity contribution in [3.05, 3.63) is 0 Å². The molecule has 13 heavy (non-hydrogen) atoms. The van der Waals surface area contributed by atoms with E-state index in [0.717, 1.165) is 7.11 Å². The SMILES string of the molecule is COC(=O)CNS(=O)(=O)C(C)C#N. The van der Waals surface area contributed by atoms with Crippen LogP contribution in [-0.2, 0) is 19.6 Å². The monoisotopic (exact) mass is 206 g/mol. The lowest BCUT2D eigenvalue weighted by atomic mass is 10.5. The van der Waals surface area contributed by atoms with Gasteiger partial charge in [0, 0.05) is 0 Å². The van der Waals surface area contributed by atoms with Crippen LogP contribution in [0.15, 0.2) is 0 Å². The highest BCUT2D eigenvalue weighted by Gasteiger charge is 2.20. The Kier molecular flexibility index (Phi) is 4.37. The highest BCUT2D eigenvalue weighted by atomic mass is 32.2. The topological polar surface area (TPSA) is 96.3 Å². The summed E-state index contributed by atoms with van der Waals surface area (Å²) in [5.74, 6) is -0.700. The van der Waals surface area contributed by atoms with Crippen LogP contribution in [0.5, 0.6) is 0 Å². The summed E-state index contributed by atoms with van der Waals surface area (Å²) < 4.78 is 28.2. The van der Waals surface area contributed by atoms with E-state index < -0.39 is 27.8 Å². The Morgan fingerprint density at radius 2 is 2.23 bits per heavy atom. The zero-order valence-corrected chi connectivity index (χ0v) is 8.09. The van der Waals surface area contributed by atoms with Gasteiger partial charge in [0.15, 0.2) is 5.25 Å². The first-order valence-electron chi connectivity index (χ1n) is 3.39. The molecule has 0 aromatic carbocycles. The van der Waals surface area contributed by atoms with Gasteiger partial charge in [-0.3, -0.25) is 4.79 Å². The third-order valence-electron chi connectivity index (χ3n) is 1.29. The number of ether oxygens (including phenoxy) is 1. The van der Waals surface area contributed by atoms with E-state index in [0.29, 0.717) is 0 Å². The Hall–Kier alpha value is -1.13. The van der Waals surface area contributed by atoms with Crippen molar-refractivity contribution in [2.45, 2.75) is 12.2 Å². The number of esters is 1. The second kappa shape index (κ2) is 4.79. The molecule has 1 N–H and O–H groups in total. The summed E-state index contributed by atoms with van der Waals surface area (Å²) in [4.78, 5) is 10.5. The minimum Gasteiger partial charge on any atom is -0.468 e. The lowest BCUT2D eigenvalue weighted by Gasteiger charge is -2.05. The lowest BCUT2D eigenvalue weighted by Crippen LogP contribution is -2.35. The molecule has 0 bridgehead atoms. The van der Waals surface area contributed by atoms with Crippen LogP contribution in [0.25, 0.3) is 0 Å². The van der Waals surface area contributed by atoms with E-state index in [-0.39, 0.29) is 0 Å². The van der Waals surface area contributed by atoms with Crippen molar-refractivity contribution in [3.63, 3.8) is 0 Å². The van der Waals surface area contributed by atoms with Crippen molar-refractivity contribution in [3.8, 4) is 6.07 Å². The molecule has 0 radical (unpaired) electrons. The Balaban J connectivity index is 4.23. The summed E-state index contributed by atoms with van der Waals surface area (Å²) in [5, 5.41) is 7.12. The number of carbonyl (C=O) groups is 1. The summed E-state index contributed by atoms with van der Waals surface area (Å²) in [6.07, 6.45) is 0. The van der Waals surface area contributed by atoms with E-state index in [1.165, 1.54) is 6.92 Å². The van der Waals surface area contributed by atoms with Crippen molar-refractivity contribution in [2.24, 2.45) is 0 Å². The Morgan fingerprint density at radius 3 is 2.62 bits per heavy atom. The van der Waals surface area contributed by atoms with Crippen LogP contribution in [0.2, 0.25) is 0 Å². The molecule has 0 heterocycles. The molecule has 0 saturated heterocycles. The first kappa shape index (κ1) is 11.9. The van der Waals surface area contributed by atoms with E-state index in [1.807, 2.05) is 4.72 Å². The fourth-order valence-electron chi connectivity index (χ4n) is 0.426. The summed E-state index contributed by atoms with van der Waals surface area (Å²) >= 11 is 0. The lowest BCUT2D eigenvalue weighted by molar-refractivity contribution is -0.139. The van der Waals surface area contributed by atoms with E-state index in [2.05, 4.69) is 4.74 Å². The average Bonchev–Trinajstić information content (AvgIpc) is 2.12. The molecule has 1 unspecified atom stereocenters. The van der Waals surface area contributed by atoms with Crippen molar-refractivity contribution in [1.82, 2.24) is 4.72 Å². The maximum absolute atomic E-state index is 11.0. The van der Waals surface area contributed by atoms with E-state index in [4.69, 9.17) is 5.26 Å². The minimum atomic E-state index is -3.73. The maximum atomic E-state index is 11.0. The van der Waals surface area contributed by atoms with Crippen LogP contribution >= 0.6 is 0 Å². The number of sulfonamides is 1. The summed E-state index contributed by atoms with van der Waals surface area (Å²) in [6, 6.07) is 1.54. The van der Waals surface area contributed by atoms with Crippen LogP contribution in [0.1, 0.15) is 6.92 Å². The van der Waals surface area contributed by atoms with Crippen LogP contribution in [0, 0.1) is 11.3 Å². The number of rotatable bonds is 4. The van der Waals surface area contributed by atoms with Gasteiger partial charge in [-0.1, -0.05) is 0 Å². The second-order valence-corrected chi connectivity index (χ2v) is 4.30. The van der Waals surface area contributed by atoms with E-state index in [9.17, 15) is 13.2 Å². The molecule has 0 aliphatic rings. The van der Waals surface area contributed by atoms with Crippen molar-refractivity contribution in [2.75, 3.05) is 13.7 Å². The van der Waals surface area contributed by atoms with Gasteiger partial charge in [0.1, 0.15) is 6.54 Å². The molecule has 0 saturated carbocycles. The maximum Gasteiger partial charge on any atom is 0.320 e. The fraction of sp³-hybridized carbons (Fsp3) is 0.667. The van der Waals surface area contributed by atoms with Crippen LogP contribution in [0.4, 0.5) is 0 Å². The molecule has 6 nitrogen and oxygen atoms in total. The van der Waals surface area contributed by atoms with Gasteiger partial charge in [0.25, 0.3) is 0 Å². The second-order valence-electron chi connectivity index (χ2n) is 2.21. The number of methoxy groups -OCH3 is 1. The van der Waals surface area contributed by atoms with Gasteiger partial charge in [-0.2, -0.15) is 5.26 Å². The minimum absolute atomic E-state index is 0.454. The first-order chi connectivity index (χ1) is 5.94. The molecular weight excluding hydrogens is 196 g/mol. The van der Waals surface area contributed by atoms with Gasteiger partial charge in [-0.05, 0) is 6.92 Å². The largest absolute Gasteiger partial charge is 0.468 e. The molecular formula is C6H10N2O4S. The molecule has 7 heteroatoms. The summed E-state index contributed by atoms with van der Waals surface area (Å²) in [7, 11) is -2.58. The van der Waals surface area contributed by atoms with Gasteiger partial charge < -0.3 is 4.74 Å². The van der Waals surface area contributed by atoms with Crippen molar-refractivity contribution in [1.29, 1.82) is 5.26 Å². The number of nitrogens with zero attached hydrogens (tertiary/aromatic N) is 1.